The highest BCUT2D eigenvalue weighted by atomic mass is 16.7. The third-order valence-corrected chi connectivity index (χ3v) is 1.90. The molecule has 2 rings (SSSR count). The van der Waals surface area contributed by atoms with Gasteiger partial charge in [-0.2, -0.15) is 0 Å². The number of ether oxygens (including phenoxy) is 2. The van der Waals surface area contributed by atoms with Crippen LogP contribution in [0.5, 0.6) is 11.5 Å². The highest BCUT2D eigenvalue weighted by Crippen LogP contribution is 2.32. The lowest BCUT2D eigenvalue weighted by Gasteiger charge is -2.03. The van der Waals surface area contributed by atoms with E-state index in [-0.39, 0.29) is 0 Å². The summed E-state index contributed by atoms with van der Waals surface area (Å²) in [6.07, 6.45) is -0.584. The first-order chi connectivity index (χ1) is 6.27. The van der Waals surface area contributed by atoms with Gasteiger partial charge in [0.1, 0.15) is 11.5 Å². The maximum atomic E-state index is 10.3. The van der Waals surface area contributed by atoms with E-state index in [9.17, 15) is 4.79 Å². The van der Waals surface area contributed by atoms with Crippen LogP contribution in [0.3, 0.4) is 0 Å². The van der Waals surface area contributed by atoms with Gasteiger partial charge in [0.2, 0.25) is 0 Å². The van der Waals surface area contributed by atoms with Gasteiger partial charge in [0, 0.05) is 12.0 Å². The molecule has 0 aromatic heterocycles. The molecule has 1 aliphatic heterocycles. The summed E-state index contributed by atoms with van der Waals surface area (Å²) in [6, 6.07) is 5.14. The van der Waals surface area contributed by atoms with Crippen molar-refractivity contribution in [3.05, 3.63) is 23.8 Å². The summed E-state index contributed by atoms with van der Waals surface area (Å²) in [7, 11) is 0. The van der Waals surface area contributed by atoms with Crippen molar-refractivity contribution in [2.75, 3.05) is 6.61 Å². The van der Waals surface area contributed by atoms with Gasteiger partial charge in [-0.15, -0.1) is 0 Å². The SMILES string of the molecule is O=C(O)Oc1cccc2c1CCO2. The summed E-state index contributed by atoms with van der Waals surface area (Å²) >= 11 is 0. The van der Waals surface area contributed by atoms with E-state index in [0.717, 1.165) is 11.3 Å². The predicted octanol–water partition coefficient (Wildman–Crippen LogP) is 1.68. The van der Waals surface area contributed by atoms with Gasteiger partial charge in [0.15, 0.2) is 0 Å². The Kier molecular flexibility index (Phi) is 1.81. The van der Waals surface area contributed by atoms with Crippen LogP contribution in [0.1, 0.15) is 5.56 Å². The monoisotopic (exact) mass is 180 g/mol. The van der Waals surface area contributed by atoms with E-state index in [2.05, 4.69) is 4.74 Å². The van der Waals surface area contributed by atoms with Crippen LogP contribution < -0.4 is 9.47 Å². The molecule has 13 heavy (non-hydrogen) atoms. The third kappa shape index (κ3) is 1.42. The number of carbonyl (C=O) groups is 1. The maximum absolute atomic E-state index is 10.3. The Morgan fingerprint density at radius 1 is 1.54 bits per heavy atom. The lowest BCUT2D eigenvalue weighted by Crippen LogP contribution is -2.04. The quantitative estimate of drug-likeness (QED) is 0.527. The molecule has 4 heteroatoms. The zero-order valence-corrected chi connectivity index (χ0v) is 6.82. The molecule has 1 heterocycles. The van der Waals surface area contributed by atoms with Gasteiger partial charge in [-0.1, -0.05) is 6.07 Å². The molecule has 0 amide bonds. The molecule has 1 aromatic carbocycles. The van der Waals surface area contributed by atoms with Crippen LogP contribution in [-0.2, 0) is 6.42 Å². The Morgan fingerprint density at radius 3 is 3.15 bits per heavy atom. The van der Waals surface area contributed by atoms with Crippen LogP contribution in [0.15, 0.2) is 18.2 Å². The molecule has 0 atom stereocenters. The summed E-state index contributed by atoms with van der Waals surface area (Å²) in [4.78, 5) is 10.3. The first kappa shape index (κ1) is 7.91. The van der Waals surface area contributed by atoms with E-state index in [1.54, 1.807) is 18.2 Å². The van der Waals surface area contributed by atoms with E-state index < -0.39 is 6.16 Å². The minimum atomic E-state index is -1.29. The van der Waals surface area contributed by atoms with Gasteiger partial charge in [-0.3, -0.25) is 0 Å². The van der Waals surface area contributed by atoms with Crippen LogP contribution in [0.25, 0.3) is 0 Å². The number of rotatable bonds is 1. The molecule has 68 valence electrons. The van der Waals surface area contributed by atoms with Crippen molar-refractivity contribution in [2.24, 2.45) is 0 Å². The second-order valence-corrected chi connectivity index (χ2v) is 2.70. The molecule has 4 nitrogen and oxygen atoms in total. The molecule has 0 bridgehead atoms. The molecule has 0 saturated carbocycles. The Balaban J connectivity index is 2.36. The van der Waals surface area contributed by atoms with E-state index in [0.29, 0.717) is 18.8 Å². The van der Waals surface area contributed by atoms with Crippen molar-refractivity contribution in [2.45, 2.75) is 6.42 Å². The average molecular weight is 180 g/mol. The summed E-state index contributed by atoms with van der Waals surface area (Å²) < 4.78 is 9.84. The summed E-state index contributed by atoms with van der Waals surface area (Å²) in [6.45, 7) is 0.593. The zero-order valence-electron chi connectivity index (χ0n) is 6.82. The molecule has 1 aromatic rings. The van der Waals surface area contributed by atoms with E-state index in [1.165, 1.54) is 0 Å². The number of hydrogen-bond donors (Lipinski definition) is 1. The second kappa shape index (κ2) is 2.97. The van der Waals surface area contributed by atoms with Crippen LogP contribution in [0.4, 0.5) is 4.79 Å². The largest absolute Gasteiger partial charge is 0.511 e. The van der Waals surface area contributed by atoms with E-state index in [1.807, 2.05) is 0 Å². The van der Waals surface area contributed by atoms with Gasteiger partial charge in [0.05, 0.1) is 6.61 Å². The van der Waals surface area contributed by atoms with E-state index in [4.69, 9.17) is 9.84 Å². The minimum Gasteiger partial charge on any atom is -0.493 e. The second-order valence-electron chi connectivity index (χ2n) is 2.70. The fourth-order valence-electron chi connectivity index (χ4n) is 1.38. The normalized spacial score (nSPS) is 13.2. The number of fused-ring (bicyclic) bond motifs is 1. The van der Waals surface area contributed by atoms with Crippen molar-refractivity contribution in [3.8, 4) is 11.5 Å². The van der Waals surface area contributed by atoms with Gasteiger partial charge < -0.3 is 14.6 Å². The van der Waals surface area contributed by atoms with Crippen LogP contribution >= 0.6 is 0 Å². The number of hydrogen-bond acceptors (Lipinski definition) is 3. The van der Waals surface area contributed by atoms with Gasteiger partial charge in [0.25, 0.3) is 0 Å². The molecular weight excluding hydrogens is 172 g/mol. The summed E-state index contributed by atoms with van der Waals surface area (Å²) in [5.74, 6) is 1.10. The maximum Gasteiger partial charge on any atom is 0.511 e. The highest BCUT2D eigenvalue weighted by Gasteiger charge is 2.17. The van der Waals surface area contributed by atoms with Crippen molar-refractivity contribution in [1.82, 2.24) is 0 Å². The van der Waals surface area contributed by atoms with Crippen LogP contribution in [0.2, 0.25) is 0 Å². The Hall–Kier alpha value is -1.71. The molecule has 0 aliphatic carbocycles. The van der Waals surface area contributed by atoms with Crippen molar-refractivity contribution in [1.29, 1.82) is 0 Å². The standard InChI is InChI=1S/C9H8O4/c10-9(11)13-8-3-1-2-7-6(8)4-5-12-7/h1-3H,4-5H2,(H,10,11). The molecule has 1 aliphatic rings. The minimum absolute atomic E-state index is 0.377. The zero-order chi connectivity index (χ0) is 9.26. The number of benzene rings is 1. The summed E-state index contributed by atoms with van der Waals surface area (Å²) in [5, 5.41) is 8.44. The molecule has 0 spiro atoms. The smallest absolute Gasteiger partial charge is 0.493 e. The van der Waals surface area contributed by atoms with Crippen molar-refractivity contribution >= 4 is 6.16 Å². The molecule has 1 N–H and O–H groups in total. The molecule has 0 saturated heterocycles. The Morgan fingerprint density at radius 2 is 2.38 bits per heavy atom. The van der Waals surface area contributed by atoms with Crippen LogP contribution in [-0.4, -0.2) is 17.9 Å². The highest BCUT2D eigenvalue weighted by molar-refractivity contribution is 5.63. The Bertz CT molecular complexity index is 345. The molecule has 0 unspecified atom stereocenters. The molecular formula is C9H8O4. The van der Waals surface area contributed by atoms with Crippen LogP contribution in [0, 0.1) is 0 Å². The van der Waals surface area contributed by atoms with Crippen molar-refractivity contribution in [3.63, 3.8) is 0 Å². The van der Waals surface area contributed by atoms with E-state index >= 15 is 0 Å². The van der Waals surface area contributed by atoms with Crippen molar-refractivity contribution < 1.29 is 19.4 Å². The van der Waals surface area contributed by atoms with Gasteiger partial charge in [-0.25, -0.2) is 4.79 Å². The molecule has 0 radical (unpaired) electrons. The lowest BCUT2D eigenvalue weighted by atomic mass is 10.1. The first-order valence-electron chi connectivity index (χ1n) is 3.93. The predicted molar refractivity (Wildman–Crippen MR) is 44.3 cm³/mol. The Labute approximate surface area is 74.7 Å². The topological polar surface area (TPSA) is 55.8 Å². The van der Waals surface area contributed by atoms with Gasteiger partial charge in [-0.05, 0) is 12.1 Å². The lowest BCUT2D eigenvalue weighted by molar-refractivity contribution is 0.144. The van der Waals surface area contributed by atoms with Gasteiger partial charge >= 0.3 is 6.16 Å². The summed E-state index contributed by atoms with van der Waals surface area (Å²) in [5.41, 5.74) is 0.838. The third-order valence-electron chi connectivity index (χ3n) is 1.90. The average Bonchev–Trinajstić information content (AvgIpc) is 2.51. The number of carboxylic acid groups (broad SMARTS) is 1. The first-order valence-corrected chi connectivity index (χ1v) is 3.93. The fourth-order valence-corrected chi connectivity index (χ4v) is 1.38. The fraction of sp³-hybridized carbons (Fsp3) is 0.222. The molecule has 0 fully saturated rings.